The van der Waals surface area contributed by atoms with Gasteiger partial charge < -0.3 is 34.5 Å². The minimum atomic E-state index is -5.78. The van der Waals surface area contributed by atoms with E-state index in [-0.39, 0.29) is 18.0 Å². The average Bonchev–Trinajstić information content (AvgIpc) is 3.32. The molecule has 3 unspecified atom stereocenters. The van der Waals surface area contributed by atoms with Crippen LogP contribution in [0.3, 0.4) is 0 Å². The number of H-pyrrole nitrogens is 1. The zero-order valence-corrected chi connectivity index (χ0v) is 22.1. The lowest BCUT2D eigenvalue weighted by atomic mass is 10.1. The molecule has 2 aromatic rings. The number of nitrogens with zero attached hydrogens (tertiary/aromatic N) is 4. The minimum Gasteiger partial charge on any atom is -0.387 e. The van der Waals surface area contributed by atoms with Gasteiger partial charge in [-0.1, -0.05) is 19.1 Å². The first-order valence-electron chi connectivity index (χ1n) is 10.4. The highest BCUT2D eigenvalue weighted by Crippen LogP contribution is 2.66. The molecule has 0 saturated carbocycles. The van der Waals surface area contributed by atoms with Gasteiger partial charge in [-0.05, 0) is 5.92 Å². The Morgan fingerprint density at radius 3 is 2.29 bits per heavy atom. The van der Waals surface area contributed by atoms with E-state index in [1.807, 2.05) is 18.8 Å². The van der Waals surface area contributed by atoms with Crippen LogP contribution in [0.15, 0.2) is 22.0 Å². The van der Waals surface area contributed by atoms with Crippen molar-refractivity contribution in [2.45, 2.75) is 50.8 Å². The van der Waals surface area contributed by atoms with Crippen LogP contribution < -0.4 is 11.2 Å². The molecule has 1 fully saturated rings. The van der Waals surface area contributed by atoms with Gasteiger partial charge in [0.25, 0.3) is 5.56 Å². The Kier molecular flexibility index (Phi) is 9.12. The van der Waals surface area contributed by atoms with E-state index < -0.39 is 65.9 Å². The first kappa shape index (κ1) is 30.6. The lowest BCUT2D eigenvalue weighted by molar-refractivity contribution is -0.0543. The lowest BCUT2D eigenvalue weighted by Gasteiger charge is -2.19. The highest BCUT2D eigenvalue weighted by molar-refractivity contribution is 7.66. The number of rotatable bonds is 11. The van der Waals surface area contributed by atoms with E-state index >= 15 is 0 Å². The number of aromatic nitrogens is 5. The molecule has 0 amide bonds. The first-order valence-corrected chi connectivity index (χ1v) is 14.9. The number of hydrogen-bond acceptors (Lipinski definition) is 13. The molecule has 0 aliphatic carbocycles. The predicted octanol–water partition coefficient (Wildman–Crippen LogP) is -1.74. The molecule has 214 valence electrons. The molecule has 7 N–H and O–H groups in total. The summed E-state index contributed by atoms with van der Waals surface area (Å²) in [6, 6.07) is 0. The summed E-state index contributed by atoms with van der Waals surface area (Å²) in [6.07, 6.45) is -4.32. The van der Waals surface area contributed by atoms with Gasteiger partial charge in [0.15, 0.2) is 6.23 Å². The second-order valence-corrected chi connectivity index (χ2v) is 12.7. The molecule has 1 saturated heterocycles. The molecule has 3 rings (SSSR count). The number of phosphoric ester groups is 1. The molecule has 0 bridgehead atoms. The average molecular weight is 607 g/mol. The molecule has 38 heavy (non-hydrogen) atoms. The lowest BCUT2D eigenvalue weighted by Crippen LogP contribution is -2.39. The third kappa shape index (κ3) is 7.83. The van der Waals surface area contributed by atoms with Crippen molar-refractivity contribution in [3.05, 3.63) is 44.5 Å². The summed E-state index contributed by atoms with van der Waals surface area (Å²) in [5.74, 6) is 0.0567. The van der Waals surface area contributed by atoms with E-state index in [0.717, 1.165) is 10.8 Å². The SMILES string of the molecule is CC(C)c1cn(Cc2cn([C@@H]3O[C@H](COP(=O)(O)OP(=O)(O)OP(=O)(O)O)C(O)[C@@H]3O)c(=O)[nH]c2=O)nn1. The standard InChI is InChI=1S/C15H24N5O15P3/c1-7(2)9-5-19(18-17-9)3-8-4-20(15(24)16-13(8)23)14-12(22)11(21)10(33-14)6-32-37(28,29)35-38(30,31)34-36(25,26)27/h4-5,7,10-12,14,21-22H,3,6H2,1-2H3,(H,28,29)(H,30,31)(H,16,23,24)(H2,25,26,27)/t10-,11?,12+,14-/m1/s1. The van der Waals surface area contributed by atoms with Crippen molar-refractivity contribution in [1.82, 2.24) is 24.5 Å². The first-order chi connectivity index (χ1) is 17.4. The van der Waals surface area contributed by atoms with E-state index in [2.05, 4.69) is 23.5 Å². The van der Waals surface area contributed by atoms with E-state index in [9.17, 15) is 43.3 Å². The number of aliphatic hydroxyl groups is 2. The van der Waals surface area contributed by atoms with Gasteiger partial charge in [-0.15, -0.1) is 5.10 Å². The fourth-order valence-electron chi connectivity index (χ4n) is 3.23. The van der Waals surface area contributed by atoms with E-state index in [0.29, 0.717) is 5.69 Å². The summed E-state index contributed by atoms with van der Waals surface area (Å²) in [6.45, 7) is 2.55. The van der Waals surface area contributed by atoms with Crippen LogP contribution in [0.5, 0.6) is 0 Å². The molecule has 3 heterocycles. The largest absolute Gasteiger partial charge is 0.490 e. The maximum Gasteiger partial charge on any atom is 0.490 e. The Hall–Kier alpha value is -1.89. The smallest absolute Gasteiger partial charge is 0.387 e. The molecule has 20 nitrogen and oxygen atoms in total. The van der Waals surface area contributed by atoms with Crippen LogP contribution in [0, 0.1) is 0 Å². The van der Waals surface area contributed by atoms with Gasteiger partial charge in [0.2, 0.25) is 0 Å². The van der Waals surface area contributed by atoms with Crippen molar-refractivity contribution in [1.29, 1.82) is 0 Å². The number of nitrogens with one attached hydrogen (secondary N) is 1. The van der Waals surface area contributed by atoms with Crippen LogP contribution >= 0.6 is 23.5 Å². The summed E-state index contributed by atoms with van der Waals surface area (Å²) in [7, 11) is -16.9. The number of aliphatic hydroxyl groups excluding tert-OH is 2. The van der Waals surface area contributed by atoms with Crippen molar-refractivity contribution in [3.8, 4) is 0 Å². The second-order valence-electron chi connectivity index (χ2n) is 8.25. The molecule has 1 aliphatic heterocycles. The number of aromatic amines is 1. The van der Waals surface area contributed by atoms with Crippen molar-refractivity contribution < 1.29 is 61.4 Å². The molecule has 0 aromatic carbocycles. The Morgan fingerprint density at radius 1 is 1.05 bits per heavy atom. The Bertz CT molecular complexity index is 1410. The van der Waals surface area contributed by atoms with Gasteiger partial charge in [0.05, 0.1) is 24.4 Å². The molecule has 1 aliphatic rings. The minimum absolute atomic E-state index is 0.00758. The third-order valence-electron chi connectivity index (χ3n) is 4.95. The molecule has 6 atom stereocenters. The summed E-state index contributed by atoms with van der Waals surface area (Å²) >= 11 is 0. The molecule has 0 spiro atoms. The van der Waals surface area contributed by atoms with Crippen molar-refractivity contribution in [2.75, 3.05) is 6.61 Å². The van der Waals surface area contributed by atoms with Gasteiger partial charge in [-0.3, -0.25) is 18.9 Å². The maximum atomic E-state index is 12.4. The second kappa shape index (κ2) is 11.3. The molecular formula is C15H24N5O15P3. The van der Waals surface area contributed by atoms with Crippen molar-refractivity contribution >= 4 is 23.5 Å². The Morgan fingerprint density at radius 2 is 1.71 bits per heavy atom. The third-order valence-corrected chi connectivity index (χ3v) is 8.75. The highest BCUT2D eigenvalue weighted by Gasteiger charge is 2.46. The van der Waals surface area contributed by atoms with Crippen LogP contribution in [0.2, 0.25) is 0 Å². The van der Waals surface area contributed by atoms with Crippen molar-refractivity contribution in [3.63, 3.8) is 0 Å². The zero-order chi connectivity index (χ0) is 28.6. The van der Waals surface area contributed by atoms with Crippen LogP contribution in [-0.4, -0.2) is 79.3 Å². The summed E-state index contributed by atoms with van der Waals surface area (Å²) in [5.41, 5.74) is -1.17. The van der Waals surface area contributed by atoms with E-state index in [1.165, 1.54) is 4.68 Å². The van der Waals surface area contributed by atoms with E-state index in [4.69, 9.17) is 14.5 Å². The monoisotopic (exact) mass is 607 g/mol. The normalized spacial score (nSPS) is 25.4. The predicted molar refractivity (Wildman–Crippen MR) is 120 cm³/mol. The van der Waals surface area contributed by atoms with Gasteiger partial charge in [-0.2, -0.15) is 8.62 Å². The molecular weight excluding hydrogens is 583 g/mol. The zero-order valence-electron chi connectivity index (χ0n) is 19.4. The summed E-state index contributed by atoms with van der Waals surface area (Å²) in [4.78, 5) is 62.6. The summed E-state index contributed by atoms with van der Waals surface area (Å²) in [5, 5.41) is 28.5. The Labute approximate surface area is 211 Å². The maximum absolute atomic E-state index is 12.4. The van der Waals surface area contributed by atoms with Gasteiger partial charge in [0.1, 0.15) is 18.3 Å². The molecule has 0 radical (unpaired) electrons. The van der Waals surface area contributed by atoms with Crippen LogP contribution in [0.4, 0.5) is 0 Å². The topological polar surface area (TPSA) is 295 Å². The molecule has 23 heteroatoms. The van der Waals surface area contributed by atoms with Gasteiger partial charge in [0, 0.05) is 12.4 Å². The van der Waals surface area contributed by atoms with Gasteiger partial charge >= 0.3 is 29.2 Å². The fourth-order valence-corrected chi connectivity index (χ4v) is 6.26. The summed E-state index contributed by atoms with van der Waals surface area (Å²) < 4.78 is 53.0. The Balaban J connectivity index is 1.74. The molecule has 2 aromatic heterocycles. The number of phosphoric acid groups is 3. The highest BCUT2D eigenvalue weighted by atomic mass is 31.3. The number of hydrogen-bond donors (Lipinski definition) is 7. The van der Waals surface area contributed by atoms with Crippen LogP contribution in [-0.2, 0) is 38.1 Å². The quantitative estimate of drug-likeness (QED) is 0.139. The number of ether oxygens (including phenoxy) is 1. The van der Waals surface area contributed by atoms with Crippen LogP contribution in [0.25, 0.3) is 0 Å². The fraction of sp³-hybridized carbons (Fsp3) is 0.600. The van der Waals surface area contributed by atoms with Crippen molar-refractivity contribution in [2.24, 2.45) is 0 Å². The van der Waals surface area contributed by atoms with Crippen LogP contribution in [0.1, 0.15) is 37.3 Å². The van der Waals surface area contributed by atoms with E-state index in [1.54, 1.807) is 6.20 Å². The van der Waals surface area contributed by atoms with Gasteiger partial charge in [-0.25, -0.2) is 23.2 Å².